The van der Waals surface area contributed by atoms with Gasteiger partial charge in [-0.1, -0.05) is 45.2 Å². The molecule has 0 aliphatic carbocycles. The van der Waals surface area contributed by atoms with Gasteiger partial charge in [0.25, 0.3) is 21.5 Å². The Labute approximate surface area is 226 Å². The van der Waals surface area contributed by atoms with Crippen LogP contribution in [0.1, 0.15) is 38.2 Å². The lowest BCUT2D eigenvalue weighted by Crippen LogP contribution is -2.55. The van der Waals surface area contributed by atoms with Crippen LogP contribution < -0.4 is 15.7 Å². The summed E-state index contributed by atoms with van der Waals surface area (Å²) in [7, 11) is -2.58. The van der Waals surface area contributed by atoms with E-state index in [-0.39, 0.29) is 47.3 Å². The summed E-state index contributed by atoms with van der Waals surface area (Å²) >= 11 is 0. The first-order valence-corrected chi connectivity index (χ1v) is 14.1. The number of nitrogens with one attached hydrogen (secondary N) is 1. The number of amides is 1. The second kappa shape index (κ2) is 12.2. The van der Waals surface area contributed by atoms with Gasteiger partial charge in [0.2, 0.25) is 0 Å². The summed E-state index contributed by atoms with van der Waals surface area (Å²) in [5.41, 5.74) is 1.24. The zero-order chi connectivity index (χ0) is 28.9. The van der Waals surface area contributed by atoms with Crippen molar-refractivity contribution in [1.29, 1.82) is 0 Å². The number of ether oxygens (including phenoxy) is 1. The third-order valence-corrected chi connectivity index (χ3v) is 6.90. The highest BCUT2D eigenvalue weighted by Crippen LogP contribution is 2.31. The Hall–Kier alpha value is -4.03. The van der Waals surface area contributed by atoms with E-state index in [1.807, 2.05) is 13.8 Å². The van der Waals surface area contributed by atoms with E-state index in [1.54, 1.807) is 54.4 Å². The van der Waals surface area contributed by atoms with Crippen LogP contribution in [0.25, 0.3) is 22.2 Å². The van der Waals surface area contributed by atoms with E-state index < -0.39 is 27.2 Å². The van der Waals surface area contributed by atoms with Crippen molar-refractivity contribution < 1.29 is 17.9 Å². The maximum Gasteiger partial charge on any atom is 0.349 e. The average molecular weight is 556 g/mol. The molecule has 0 unspecified atom stereocenters. The summed E-state index contributed by atoms with van der Waals surface area (Å²) in [5.74, 6) is -0.902. The van der Waals surface area contributed by atoms with Gasteiger partial charge in [-0.15, -0.1) is 9.09 Å². The first-order valence-electron chi connectivity index (χ1n) is 12.3. The minimum absolute atomic E-state index is 0.0386. The van der Waals surface area contributed by atoms with Crippen molar-refractivity contribution in [3.05, 3.63) is 87.8 Å². The molecule has 0 aliphatic rings. The number of allylic oxidation sites excluding steroid dienone is 2. The monoisotopic (exact) mass is 555 g/mol. The standard InChI is InChI=1S/C27H33N5O6S/c1-7-8-10-19(4)17-38-14-9-11-25(33)32(39(6,36)37)31-26(34)22-15-21(24-12-13-28-30(24)5)20(18(2)3)16-23(22)29-27(31)35/h7-8,10,12-13,15-16,18H,1,4,9,11,14,17H2,2-3,5-6H3,(H,29,35)/b10-8-. The molecule has 2 aromatic heterocycles. The van der Waals surface area contributed by atoms with Crippen molar-refractivity contribution in [3.63, 3.8) is 0 Å². The number of aromatic nitrogens is 4. The quantitative estimate of drug-likeness (QED) is 0.268. The highest BCUT2D eigenvalue weighted by atomic mass is 32.2. The maximum atomic E-state index is 13.6. The number of carbonyl (C=O) groups excluding carboxylic acids is 1. The summed E-state index contributed by atoms with van der Waals surface area (Å²) < 4.78 is 33.0. The number of aryl methyl sites for hydroxylation is 1. The molecule has 39 heavy (non-hydrogen) atoms. The first-order chi connectivity index (χ1) is 18.4. The molecule has 11 nitrogen and oxygen atoms in total. The van der Waals surface area contributed by atoms with Gasteiger partial charge in [0.15, 0.2) is 0 Å². The van der Waals surface area contributed by atoms with E-state index in [4.69, 9.17) is 4.74 Å². The molecule has 3 aromatic rings. The first kappa shape index (κ1) is 29.5. The smallest absolute Gasteiger partial charge is 0.349 e. The molecule has 208 valence electrons. The molecular formula is C27H33N5O6S. The van der Waals surface area contributed by atoms with Crippen LogP contribution in [0.2, 0.25) is 0 Å². The van der Waals surface area contributed by atoms with Crippen molar-refractivity contribution in [2.75, 3.05) is 23.9 Å². The zero-order valence-corrected chi connectivity index (χ0v) is 23.3. The van der Waals surface area contributed by atoms with Crippen molar-refractivity contribution in [3.8, 4) is 11.3 Å². The zero-order valence-electron chi connectivity index (χ0n) is 22.5. The number of hydrogen-bond acceptors (Lipinski definition) is 7. The molecule has 12 heteroatoms. The molecule has 0 saturated heterocycles. The van der Waals surface area contributed by atoms with Crippen LogP contribution in [-0.4, -0.2) is 53.2 Å². The van der Waals surface area contributed by atoms with Gasteiger partial charge in [-0.3, -0.25) is 14.3 Å². The lowest BCUT2D eigenvalue weighted by atomic mass is 9.93. The number of hydrogen-bond donors (Lipinski definition) is 1. The molecule has 0 saturated carbocycles. The summed E-state index contributed by atoms with van der Waals surface area (Å²) in [6, 6.07) is 5.07. The highest BCUT2D eigenvalue weighted by Gasteiger charge is 2.29. The molecule has 3 rings (SSSR count). The van der Waals surface area contributed by atoms with E-state index in [9.17, 15) is 22.8 Å². The van der Waals surface area contributed by atoms with E-state index in [0.29, 0.717) is 15.8 Å². The summed E-state index contributed by atoms with van der Waals surface area (Å²) in [5, 5.41) is 4.24. The van der Waals surface area contributed by atoms with Gasteiger partial charge in [0.05, 0.1) is 29.5 Å². The number of benzene rings is 1. The van der Waals surface area contributed by atoms with Crippen LogP contribution in [0.4, 0.5) is 0 Å². The average Bonchev–Trinajstić information content (AvgIpc) is 3.28. The third-order valence-electron chi connectivity index (χ3n) is 5.91. The Balaban J connectivity index is 2.00. The lowest BCUT2D eigenvalue weighted by Gasteiger charge is -2.22. The van der Waals surface area contributed by atoms with Gasteiger partial charge in [0, 0.05) is 31.8 Å². The lowest BCUT2D eigenvalue weighted by molar-refractivity contribution is -0.119. The van der Waals surface area contributed by atoms with Crippen LogP contribution in [0.15, 0.2) is 70.9 Å². The minimum Gasteiger partial charge on any atom is -0.377 e. The minimum atomic E-state index is -4.34. The van der Waals surface area contributed by atoms with Gasteiger partial charge >= 0.3 is 5.69 Å². The molecule has 1 N–H and O–H groups in total. The SMILES string of the molecule is C=C/C=C\C(=C)COCCCC(=O)N(n1c(=O)[nH]c2cc(C(C)C)c(-c3ccnn3C)cc2c1=O)S(C)(=O)=O. The molecule has 0 aliphatic heterocycles. The van der Waals surface area contributed by atoms with Gasteiger partial charge in [0.1, 0.15) is 0 Å². The molecular weight excluding hydrogens is 522 g/mol. The van der Waals surface area contributed by atoms with Gasteiger partial charge in [-0.25, -0.2) is 13.2 Å². The second-order valence-electron chi connectivity index (χ2n) is 9.34. The van der Waals surface area contributed by atoms with E-state index in [0.717, 1.165) is 17.5 Å². The largest absolute Gasteiger partial charge is 0.377 e. The Morgan fingerprint density at radius 3 is 2.59 bits per heavy atom. The van der Waals surface area contributed by atoms with Gasteiger partial charge in [-0.2, -0.15) is 5.10 Å². The molecule has 0 radical (unpaired) electrons. The predicted octanol–water partition coefficient (Wildman–Crippen LogP) is 2.73. The van der Waals surface area contributed by atoms with Crippen LogP contribution in [-0.2, 0) is 26.6 Å². The fourth-order valence-corrected chi connectivity index (χ4v) is 5.00. The fourth-order valence-electron chi connectivity index (χ4n) is 4.10. The fraction of sp³-hybridized carbons (Fsp3) is 0.333. The Morgan fingerprint density at radius 1 is 1.28 bits per heavy atom. The number of sulfonamides is 1. The molecule has 1 amide bonds. The highest BCUT2D eigenvalue weighted by molar-refractivity contribution is 7.92. The van der Waals surface area contributed by atoms with E-state index in [2.05, 4.69) is 23.2 Å². The van der Waals surface area contributed by atoms with Crippen LogP contribution in [0, 0.1) is 0 Å². The Morgan fingerprint density at radius 2 is 2.00 bits per heavy atom. The number of aromatic amines is 1. The number of rotatable bonds is 12. The van der Waals surface area contributed by atoms with E-state index >= 15 is 0 Å². The maximum absolute atomic E-state index is 13.6. The predicted molar refractivity (Wildman–Crippen MR) is 152 cm³/mol. The number of fused-ring (bicyclic) bond motifs is 1. The molecule has 0 bridgehead atoms. The molecule has 0 fully saturated rings. The van der Waals surface area contributed by atoms with Crippen molar-refractivity contribution in [2.24, 2.45) is 7.05 Å². The van der Waals surface area contributed by atoms with Crippen molar-refractivity contribution in [2.45, 2.75) is 32.6 Å². The summed E-state index contributed by atoms with van der Waals surface area (Å²) in [6.45, 7) is 11.7. The molecule has 0 atom stereocenters. The van der Waals surface area contributed by atoms with Gasteiger partial charge in [-0.05, 0) is 41.7 Å². The van der Waals surface area contributed by atoms with E-state index in [1.165, 1.54) is 0 Å². The van der Waals surface area contributed by atoms with Crippen molar-refractivity contribution in [1.82, 2.24) is 19.4 Å². The third kappa shape index (κ3) is 6.70. The molecule has 0 spiro atoms. The molecule has 2 heterocycles. The van der Waals surface area contributed by atoms with Crippen molar-refractivity contribution >= 4 is 26.8 Å². The number of nitrogens with zero attached hydrogens (tertiary/aromatic N) is 4. The Kier molecular flexibility index (Phi) is 9.25. The number of H-pyrrole nitrogens is 1. The second-order valence-corrected chi connectivity index (χ2v) is 11.1. The molecule has 1 aromatic carbocycles. The number of carbonyl (C=O) groups is 1. The normalized spacial score (nSPS) is 11.9. The van der Waals surface area contributed by atoms with Gasteiger partial charge < -0.3 is 9.72 Å². The van der Waals surface area contributed by atoms with Crippen LogP contribution in [0.5, 0.6) is 0 Å². The van der Waals surface area contributed by atoms with Crippen LogP contribution in [0.3, 0.4) is 0 Å². The Bertz CT molecular complexity index is 1660. The topological polar surface area (TPSA) is 136 Å². The summed E-state index contributed by atoms with van der Waals surface area (Å²) in [4.78, 5) is 42.2. The van der Waals surface area contributed by atoms with Crippen LogP contribution >= 0.6 is 0 Å². The summed E-state index contributed by atoms with van der Waals surface area (Å²) in [6.07, 6.45) is 7.30.